The van der Waals surface area contributed by atoms with E-state index < -0.39 is 23.7 Å². The molecule has 0 bridgehead atoms. The molecule has 11 heteroatoms. The topological polar surface area (TPSA) is 93.0 Å². The Morgan fingerprint density at radius 2 is 1.94 bits per heavy atom. The molecule has 8 nitrogen and oxygen atoms in total. The van der Waals surface area contributed by atoms with E-state index in [-0.39, 0.29) is 18.0 Å². The van der Waals surface area contributed by atoms with Gasteiger partial charge in [0.1, 0.15) is 6.33 Å². The number of hydrogen-bond donors (Lipinski definition) is 1. The molecule has 32 heavy (non-hydrogen) atoms. The van der Waals surface area contributed by atoms with E-state index in [0.717, 1.165) is 12.1 Å². The fourth-order valence-electron chi connectivity index (χ4n) is 3.57. The molecule has 1 fully saturated rings. The van der Waals surface area contributed by atoms with Crippen LogP contribution in [0.3, 0.4) is 0 Å². The number of aromatic nitrogens is 4. The molecule has 1 saturated heterocycles. The molecule has 1 aliphatic heterocycles. The van der Waals surface area contributed by atoms with Gasteiger partial charge in [-0.15, -0.1) is 5.10 Å². The van der Waals surface area contributed by atoms with Crippen molar-refractivity contribution >= 4 is 11.8 Å². The molecule has 3 aromatic rings. The second kappa shape index (κ2) is 8.77. The highest BCUT2D eigenvalue weighted by Gasteiger charge is 2.32. The van der Waals surface area contributed by atoms with Gasteiger partial charge in [0.05, 0.1) is 17.3 Å². The Hall–Kier alpha value is -3.76. The Morgan fingerprint density at radius 1 is 1.16 bits per heavy atom. The van der Waals surface area contributed by atoms with Crippen molar-refractivity contribution in [1.29, 1.82) is 0 Å². The van der Waals surface area contributed by atoms with Crippen LogP contribution >= 0.6 is 0 Å². The minimum absolute atomic E-state index is 0.0815. The monoisotopic (exact) mass is 444 g/mol. The third-order valence-corrected chi connectivity index (χ3v) is 5.24. The summed E-state index contributed by atoms with van der Waals surface area (Å²) in [5.41, 5.74) is 0.418. The maximum Gasteiger partial charge on any atom is 0.416 e. The minimum Gasteiger partial charge on any atom is -0.343 e. The molecule has 1 atom stereocenters. The summed E-state index contributed by atoms with van der Waals surface area (Å²) >= 11 is 0. The molecule has 1 aliphatic rings. The lowest BCUT2D eigenvalue weighted by Crippen LogP contribution is -2.38. The Morgan fingerprint density at radius 3 is 2.56 bits per heavy atom. The summed E-state index contributed by atoms with van der Waals surface area (Å²) in [6.07, 6.45) is -2.03. The van der Waals surface area contributed by atoms with E-state index in [0.29, 0.717) is 30.6 Å². The largest absolute Gasteiger partial charge is 0.416 e. The number of halogens is 3. The molecule has 2 aromatic carbocycles. The lowest BCUT2D eigenvalue weighted by Gasteiger charge is -2.26. The standard InChI is InChI=1S/C21H19F3N6O2/c22-21(23,24)16-4-1-3-15(11-16)18(12-29-10-2-5-19(29)31)26-20(32)14-6-8-17(9-7-14)30-13-25-27-28-30/h1,3-4,6-9,11,13,18H,2,5,10,12H2,(H,26,32). The summed E-state index contributed by atoms with van der Waals surface area (Å²) in [6.45, 7) is 0.597. The van der Waals surface area contributed by atoms with E-state index in [4.69, 9.17) is 0 Å². The molecule has 1 unspecified atom stereocenters. The van der Waals surface area contributed by atoms with Gasteiger partial charge in [-0.3, -0.25) is 9.59 Å². The van der Waals surface area contributed by atoms with Crippen LogP contribution in [0.4, 0.5) is 13.2 Å². The fourth-order valence-corrected chi connectivity index (χ4v) is 3.57. The van der Waals surface area contributed by atoms with Crippen molar-refractivity contribution in [2.45, 2.75) is 25.1 Å². The van der Waals surface area contributed by atoms with E-state index >= 15 is 0 Å². The van der Waals surface area contributed by atoms with Gasteiger partial charge in [0, 0.05) is 25.1 Å². The number of hydrogen-bond acceptors (Lipinski definition) is 5. The van der Waals surface area contributed by atoms with Crippen molar-refractivity contribution in [3.05, 3.63) is 71.5 Å². The summed E-state index contributed by atoms with van der Waals surface area (Å²) in [4.78, 5) is 26.5. The molecular weight excluding hydrogens is 425 g/mol. The van der Waals surface area contributed by atoms with Gasteiger partial charge in [0.2, 0.25) is 5.91 Å². The predicted molar refractivity (Wildman–Crippen MR) is 107 cm³/mol. The van der Waals surface area contributed by atoms with Crippen molar-refractivity contribution in [3.63, 3.8) is 0 Å². The van der Waals surface area contributed by atoms with Crippen LogP contribution in [0.15, 0.2) is 54.9 Å². The Bertz CT molecular complexity index is 1100. The first-order chi connectivity index (χ1) is 15.3. The molecule has 0 spiro atoms. The first kappa shape index (κ1) is 21.5. The van der Waals surface area contributed by atoms with Gasteiger partial charge in [-0.25, -0.2) is 4.68 Å². The zero-order valence-electron chi connectivity index (χ0n) is 16.8. The first-order valence-electron chi connectivity index (χ1n) is 9.90. The number of alkyl halides is 3. The third kappa shape index (κ3) is 4.76. The number of rotatable bonds is 6. The highest BCUT2D eigenvalue weighted by molar-refractivity contribution is 5.94. The molecule has 2 amide bonds. The average Bonchev–Trinajstić information content (AvgIpc) is 3.45. The highest BCUT2D eigenvalue weighted by atomic mass is 19.4. The van der Waals surface area contributed by atoms with Crippen molar-refractivity contribution in [2.75, 3.05) is 13.1 Å². The highest BCUT2D eigenvalue weighted by Crippen LogP contribution is 2.31. The van der Waals surface area contributed by atoms with Crippen LogP contribution in [0, 0.1) is 0 Å². The van der Waals surface area contributed by atoms with E-state index in [2.05, 4.69) is 20.8 Å². The summed E-state index contributed by atoms with van der Waals surface area (Å²) in [5, 5.41) is 13.6. The lowest BCUT2D eigenvalue weighted by atomic mass is 10.0. The van der Waals surface area contributed by atoms with Crippen LogP contribution in [0.5, 0.6) is 0 Å². The fraction of sp³-hybridized carbons (Fsp3) is 0.286. The van der Waals surface area contributed by atoms with Crippen molar-refractivity contribution < 1.29 is 22.8 Å². The zero-order chi connectivity index (χ0) is 22.7. The Balaban J connectivity index is 1.57. The van der Waals surface area contributed by atoms with Gasteiger partial charge in [0.15, 0.2) is 0 Å². The summed E-state index contributed by atoms with van der Waals surface area (Å²) < 4.78 is 41.1. The van der Waals surface area contributed by atoms with E-state index in [9.17, 15) is 22.8 Å². The molecule has 0 saturated carbocycles. The van der Waals surface area contributed by atoms with Crippen LogP contribution in [0.1, 0.15) is 40.4 Å². The van der Waals surface area contributed by atoms with Crippen LogP contribution in [-0.4, -0.2) is 50.0 Å². The molecule has 2 heterocycles. The second-order valence-electron chi connectivity index (χ2n) is 7.39. The van der Waals surface area contributed by atoms with Gasteiger partial charge in [-0.1, -0.05) is 12.1 Å². The van der Waals surface area contributed by atoms with E-state index in [1.54, 1.807) is 29.2 Å². The number of carbonyl (C=O) groups is 2. The van der Waals surface area contributed by atoms with Crippen LogP contribution in [0.25, 0.3) is 5.69 Å². The quantitative estimate of drug-likeness (QED) is 0.631. The third-order valence-electron chi connectivity index (χ3n) is 5.24. The maximum absolute atomic E-state index is 13.2. The molecule has 0 radical (unpaired) electrons. The summed E-state index contributed by atoms with van der Waals surface area (Å²) in [5.74, 6) is -0.552. The molecule has 1 aromatic heterocycles. The number of carbonyl (C=O) groups excluding carboxylic acids is 2. The van der Waals surface area contributed by atoms with E-state index in [1.165, 1.54) is 23.1 Å². The summed E-state index contributed by atoms with van der Waals surface area (Å²) in [6, 6.07) is 10.4. The minimum atomic E-state index is -4.51. The Labute approximate surface area is 181 Å². The van der Waals surface area contributed by atoms with Crippen LogP contribution in [0.2, 0.25) is 0 Å². The first-order valence-corrected chi connectivity index (χ1v) is 9.90. The number of benzene rings is 2. The predicted octanol–water partition coefficient (Wildman–Crippen LogP) is 2.77. The number of likely N-dealkylation sites (tertiary alicyclic amines) is 1. The SMILES string of the molecule is O=C(NC(CN1CCCC1=O)c1cccc(C(F)(F)F)c1)c1ccc(-n2cnnn2)cc1. The van der Waals surface area contributed by atoms with Crippen LogP contribution in [-0.2, 0) is 11.0 Å². The second-order valence-corrected chi connectivity index (χ2v) is 7.39. The van der Waals surface area contributed by atoms with E-state index in [1.807, 2.05) is 0 Å². The smallest absolute Gasteiger partial charge is 0.343 e. The van der Waals surface area contributed by atoms with Crippen molar-refractivity contribution in [1.82, 2.24) is 30.4 Å². The summed E-state index contributed by atoms with van der Waals surface area (Å²) in [7, 11) is 0. The van der Waals surface area contributed by atoms with Gasteiger partial charge in [-0.05, 0) is 58.8 Å². The van der Waals surface area contributed by atoms with Gasteiger partial charge in [0.25, 0.3) is 5.91 Å². The van der Waals surface area contributed by atoms with Gasteiger partial charge in [-0.2, -0.15) is 13.2 Å². The van der Waals surface area contributed by atoms with Gasteiger partial charge < -0.3 is 10.2 Å². The van der Waals surface area contributed by atoms with Crippen molar-refractivity contribution in [2.24, 2.45) is 0 Å². The molecule has 4 rings (SSSR count). The van der Waals surface area contributed by atoms with Crippen LogP contribution < -0.4 is 5.32 Å². The number of nitrogens with zero attached hydrogens (tertiary/aromatic N) is 5. The normalized spacial score (nSPS) is 15.1. The number of amides is 2. The number of nitrogens with one attached hydrogen (secondary N) is 1. The molecular formula is C21H19F3N6O2. The zero-order valence-corrected chi connectivity index (χ0v) is 16.8. The number of tetrazole rings is 1. The maximum atomic E-state index is 13.2. The van der Waals surface area contributed by atoms with Gasteiger partial charge >= 0.3 is 6.18 Å². The lowest BCUT2D eigenvalue weighted by molar-refractivity contribution is -0.137. The molecule has 166 valence electrons. The van der Waals surface area contributed by atoms with Crippen molar-refractivity contribution in [3.8, 4) is 5.69 Å². The average molecular weight is 444 g/mol. The molecule has 1 N–H and O–H groups in total. The Kier molecular flexibility index (Phi) is 5.89. The molecule has 0 aliphatic carbocycles.